The SMILES string of the molecule is CCCO[C@@H]1CC[C@H](CNC(C)=O)O1. The van der Waals surface area contributed by atoms with Crippen LogP contribution in [0.1, 0.15) is 33.1 Å². The summed E-state index contributed by atoms with van der Waals surface area (Å²) in [5.74, 6) is -0.00785. The second kappa shape index (κ2) is 5.98. The van der Waals surface area contributed by atoms with E-state index in [4.69, 9.17) is 9.47 Å². The molecule has 1 rings (SSSR count). The van der Waals surface area contributed by atoms with Crippen LogP contribution in [0.15, 0.2) is 0 Å². The van der Waals surface area contributed by atoms with Gasteiger partial charge in [-0.3, -0.25) is 4.79 Å². The first-order chi connectivity index (χ1) is 6.72. The maximum Gasteiger partial charge on any atom is 0.216 e. The Balaban J connectivity index is 2.10. The van der Waals surface area contributed by atoms with Crippen molar-refractivity contribution in [2.45, 2.75) is 45.5 Å². The quantitative estimate of drug-likeness (QED) is 0.723. The Morgan fingerprint density at radius 1 is 1.57 bits per heavy atom. The molecule has 1 fully saturated rings. The predicted molar refractivity (Wildman–Crippen MR) is 52.8 cm³/mol. The number of amides is 1. The first-order valence-corrected chi connectivity index (χ1v) is 5.24. The van der Waals surface area contributed by atoms with E-state index < -0.39 is 0 Å². The lowest BCUT2D eigenvalue weighted by Crippen LogP contribution is -2.30. The summed E-state index contributed by atoms with van der Waals surface area (Å²) in [6, 6.07) is 0. The van der Waals surface area contributed by atoms with Crippen LogP contribution in [0.3, 0.4) is 0 Å². The molecule has 1 saturated heterocycles. The van der Waals surface area contributed by atoms with E-state index in [-0.39, 0.29) is 18.3 Å². The van der Waals surface area contributed by atoms with Crippen molar-refractivity contribution >= 4 is 5.91 Å². The van der Waals surface area contributed by atoms with E-state index >= 15 is 0 Å². The van der Waals surface area contributed by atoms with Gasteiger partial charge in [0.05, 0.1) is 6.10 Å². The smallest absolute Gasteiger partial charge is 0.216 e. The van der Waals surface area contributed by atoms with Gasteiger partial charge in [-0.25, -0.2) is 0 Å². The van der Waals surface area contributed by atoms with Crippen molar-refractivity contribution in [2.24, 2.45) is 0 Å². The predicted octanol–water partition coefficient (Wildman–Crippen LogP) is 1.05. The van der Waals surface area contributed by atoms with Crippen LogP contribution in [0.25, 0.3) is 0 Å². The van der Waals surface area contributed by atoms with Crippen molar-refractivity contribution < 1.29 is 14.3 Å². The van der Waals surface area contributed by atoms with Crippen molar-refractivity contribution in [3.05, 3.63) is 0 Å². The summed E-state index contributed by atoms with van der Waals surface area (Å²) >= 11 is 0. The maximum atomic E-state index is 10.7. The molecule has 0 aromatic carbocycles. The van der Waals surface area contributed by atoms with Gasteiger partial charge in [-0.1, -0.05) is 6.92 Å². The molecule has 1 aliphatic heterocycles. The van der Waals surface area contributed by atoms with E-state index in [0.717, 1.165) is 25.9 Å². The molecule has 1 heterocycles. The molecule has 0 bridgehead atoms. The Kier molecular flexibility index (Phi) is 4.90. The minimum atomic E-state index is -0.0614. The summed E-state index contributed by atoms with van der Waals surface area (Å²) in [5.41, 5.74) is 0. The van der Waals surface area contributed by atoms with E-state index in [0.29, 0.717) is 6.54 Å². The minimum absolute atomic E-state index is 0.00785. The highest BCUT2D eigenvalue weighted by Crippen LogP contribution is 2.20. The molecule has 0 aliphatic carbocycles. The standard InChI is InChI=1S/C10H19NO3/c1-3-6-13-10-5-4-9(14-10)7-11-8(2)12/h9-10H,3-7H2,1-2H3,(H,11,12)/t9-,10+/m1/s1. The number of hydrogen-bond acceptors (Lipinski definition) is 3. The molecule has 82 valence electrons. The number of carbonyl (C=O) groups excluding carboxylic acids is 1. The molecular weight excluding hydrogens is 182 g/mol. The van der Waals surface area contributed by atoms with Gasteiger partial charge in [0.1, 0.15) is 0 Å². The Hall–Kier alpha value is -0.610. The van der Waals surface area contributed by atoms with E-state index in [1.807, 2.05) is 0 Å². The molecule has 0 saturated carbocycles. The van der Waals surface area contributed by atoms with Crippen molar-refractivity contribution in [1.82, 2.24) is 5.32 Å². The lowest BCUT2D eigenvalue weighted by Gasteiger charge is -2.13. The van der Waals surface area contributed by atoms with Crippen LogP contribution in [0.2, 0.25) is 0 Å². The molecule has 0 spiro atoms. The van der Waals surface area contributed by atoms with Gasteiger partial charge >= 0.3 is 0 Å². The molecular formula is C10H19NO3. The van der Waals surface area contributed by atoms with Gasteiger partial charge in [0.15, 0.2) is 6.29 Å². The Morgan fingerprint density at radius 3 is 3.00 bits per heavy atom. The van der Waals surface area contributed by atoms with E-state index in [1.165, 1.54) is 6.92 Å². The van der Waals surface area contributed by atoms with Crippen LogP contribution < -0.4 is 5.32 Å². The highest BCUT2D eigenvalue weighted by atomic mass is 16.7. The van der Waals surface area contributed by atoms with Gasteiger partial charge in [0.2, 0.25) is 5.91 Å². The third-order valence-corrected chi connectivity index (χ3v) is 2.16. The summed E-state index contributed by atoms with van der Waals surface area (Å²) in [6.45, 7) is 4.93. The summed E-state index contributed by atoms with van der Waals surface area (Å²) in [6.07, 6.45) is 2.98. The Labute approximate surface area is 85.0 Å². The topological polar surface area (TPSA) is 47.6 Å². The average molecular weight is 201 g/mol. The largest absolute Gasteiger partial charge is 0.354 e. The van der Waals surface area contributed by atoms with Crippen molar-refractivity contribution in [2.75, 3.05) is 13.2 Å². The molecule has 1 aliphatic rings. The van der Waals surface area contributed by atoms with Gasteiger partial charge in [0, 0.05) is 26.5 Å². The van der Waals surface area contributed by atoms with Crippen LogP contribution in [0.4, 0.5) is 0 Å². The van der Waals surface area contributed by atoms with Gasteiger partial charge < -0.3 is 14.8 Å². The third kappa shape index (κ3) is 4.07. The first-order valence-electron chi connectivity index (χ1n) is 5.24. The van der Waals surface area contributed by atoms with Crippen molar-refractivity contribution in [3.63, 3.8) is 0 Å². The molecule has 0 aromatic heterocycles. The first kappa shape index (κ1) is 11.5. The zero-order chi connectivity index (χ0) is 10.4. The molecule has 4 nitrogen and oxygen atoms in total. The number of hydrogen-bond donors (Lipinski definition) is 1. The molecule has 4 heteroatoms. The van der Waals surface area contributed by atoms with E-state index in [2.05, 4.69) is 12.2 Å². The molecule has 0 radical (unpaired) electrons. The van der Waals surface area contributed by atoms with Crippen molar-refractivity contribution in [1.29, 1.82) is 0 Å². The summed E-state index contributed by atoms with van der Waals surface area (Å²) in [4.78, 5) is 10.7. The molecule has 2 atom stereocenters. The number of ether oxygens (including phenoxy) is 2. The van der Waals surface area contributed by atoms with E-state index in [9.17, 15) is 4.79 Å². The third-order valence-electron chi connectivity index (χ3n) is 2.16. The van der Waals surface area contributed by atoms with Crippen molar-refractivity contribution in [3.8, 4) is 0 Å². The van der Waals surface area contributed by atoms with Crippen LogP contribution in [-0.4, -0.2) is 31.5 Å². The minimum Gasteiger partial charge on any atom is -0.354 e. The molecule has 1 N–H and O–H groups in total. The van der Waals surface area contributed by atoms with Gasteiger partial charge in [-0.15, -0.1) is 0 Å². The fourth-order valence-electron chi connectivity index (χ4n) is 1.45. The monoisotopic (exact) mass is 201 g/mol. The van der Waals surface area contributed by atoms with Crippen LogP contribution >= 0.6 is 0 Å². The second-order valence-electron chi connectivity index (χ2n) is 3.57. The van der Waals surface area contributed by atoms with Gasteiger partial charge in [-0.05, 0) is 12.8 Å². The molecule has 0 unspecified atom stereocenters. The highest BCUT2D eigenvalue weighted by Gasteiger charge is 2.25. The summed E-state index contributed by atoms with van der Waals surface area (Å²) in [7, 11) is 0. The highest BCUT2D eigenvalue weighted by molar-refractivity contribution is 5.72. The summed E-state index contributed by atoms with van der Waals surface area (Å²) < 4.78 is 11.0. The lowest BCUT2D eigenvalue weighted by molar-refractivity contribution is -0.135. The fraction of sp³-hybridized carbons (Fsp3) is 0.900. The second-order valence-corrected chi connectivity index (χ2v) is 3.57. The normalized spacial score (nSPS) is 26.4. The maximum absolute atomic E-state index is 10.7. The number of rotatable bonds is 5. The fourth-order valence-corrected chi connectivity index (χ4v) is 1.45. The van der Waals surface area contributed by atoms with Crippen LogP contribution in [0.5, 0.6) is 0 Å². The van der Waals surface area contributed by atoms with E-state index in [1.54, 1.807) is 0 Å². The van der Waals surface area contributed by atoms with Crippen LogP contribution in [-0.2, 0) is 14.3 Å². The zero-order valence-corrected chi connectivity index (χ0v) is 8.91. The number of carbonyl (C=O) groups is 1. The number of nitrogens with one attached hydrogen (secondary N) is 1. The molecule has 0 aromatic rings. The van der Waals surface area contributed by atoms with Crippen LogP contribution in [0, 0.1) is 0 Å². The Bertz CT molecular complexity index is 184. The average Bonchev–Trinajstić information content (AvgIpc) is 2.59. The molecule has 1 amide bonds. The summed E-state index contributed by atoms with van der Waals surface area (Å²) in [5, 5.41) is 2.74. The molecule has 14 heavy (non-hydrogen) atoms. The lowest BCUT2D eigenvalue weighted by atomic mass is 10.2. The zero-order valence-electron chi connectivity index (χ0n) is 8.91. The van der Waals surface area contributed by atoms with Gasteiger partial charge in [0.25, 0.3) is 0 Å². The Morgan fingerprint density at radius 2 is 2.36 bits per heavy atom. The van der Waals surface area contributed by atoms with Gasteiger partial charge in [-0.2, -0.15) is 0 Å².